The van der Waals surface area contributed by atoms with Crippen LogP contribution in [0.25, 0.3) is 0 Å². The van der Waals surface area contributed by atoms with E-state index in [0.717, 1.165) is 5.56 Å². The highest BCUT2D eigenvalue weighted by molar-refractivity contribution is 6.03. The molecule has 0 spiro atoms. The van der Waals surface area contributed by atoms with Gasteiger partial charge in [-0.05, 0) is 31.4 Å². The molecule has 25 heavy (non-hydrogen) atoms. The molecule has 0 saturated heterocycles. The topological polar surface area (TPSA) is 105 Å². The van der Waals surface area contributed by atoms with Crippen LogP contribution in [-0.4, -0.2) is 28.6 Å². The van der Waals surface area contributed by atoms with E-state index in [4.69, 9.17) is 5.73 Å². The second kappa shape index (κ2) is 7.79. The third-order valence-corrected chi connectivity index (χ3v) is 4.16. The molecular formula is C19H23N3O3. The van der Waals surface area contributed by atoms with E-state index in [1.807, 2.05) is 37.3 Å². The van der Waals surface area contributed by atoms with Crippen LogP contribution in [0.3, 0.4) is 0 Å². The molecule has 1 aromatic heterocycles. The predicted molar refractivity (Wildman–Crippen MR) is 95.5 cm³/mol. The molecule has 0 radical (unpaired) electrons. The Morgan fingerprint density at radius 2 is 1.84 bits per heavy atom. The maximum Gasteiger partial charge on any atom is 0.268 e. The lowest BCUT2D eigenvalue weighted by Crippen LogP contribution is -2.46. The van der Waals surface area contributed by atoms with Crippen LogP contribution in [0.2, 0.25) is 0 Å². The lowest BCUT2D eigenvalue weighted by molar-refractivity contribution is -0.119. The first-order chi connectivity index (χ1) is 11.8. The lowest BCUT2D eigenvalue weighted by atomic mass is 10.0. The fourth-order valence-corrected chi connectivity index (χ4v) is 3.00. The Morgan fingerprint density at radius 3 is 2.36 bits per heavy atom. The van der Waals surface area contributed by atoms with Gasteiger partial charge in [-0.1, -0.05) is 37.3 Å². The third kappa shape index (κ3) is 4.15. The number of nitrogens with one attached hydrogen (secondary N) is 2. The molecule has 2 rings (SSSR count). The number of rotatable bonds is 7. The molecule has 1 heterocycles. The van der Waals surface area contributed by atoms with Gasteiger partial charge in [-0.3, -0.25) is 14.4 Å². The average Bonchev–Trinajstić information content (AvgIpc) is 2.91. The summed E-state index contributed by atoms with van der Waals surface area (Å²) in [6.07, 6.45) is 0.838. The minimum atomic E-state index is -0.830. The van der Waals surface area contributed by atoms with Crippen LogP contribution >= 0.6 is 0 Å². The molecule has 0 unspecified atom stereocenters. The highest BCUT2D eigenvalue weighted by Gasteiger charge is 2.25. The van der Waals surface area contributed by atoms with Gasteiger partial charge in [0.2, 0.25) is 5.91 Å². The highest BCUT2D eigenvalue weighted by atomic mass is 16.2. The standard InChI is InChI=1S/C19H23N3O3/c1-4-14-16(12(3)23)11(2)21-17(14)19(25)22-15(18(20)24)10-13-8-6-5-7-9-13/h5-9,15,21H,4,10H2,1-3H3,(H2,20,24)(H,22,25)/t15-/m0/s1. The Balaban J connectivity index is 2.26. The Labute approximate surface area is 146 Å². The number of benzene rings is 1. The number of Topliss-reactive ketones (excluding diaryl/α,β-unsaturated/α-hetero) is 1. The number of carbonyl (C=O) groups is 3. The smallest absolute Gasteiger partial charge is 0.268 e. The Morgan fingerprint density at radius 1 is 1.20 bits per heavy atom. The number of H-pyrrole nitrogens is 1. The summed E-state index contributed by atoms with van der Waals surface area (Å²) in [5, 5.41) is 2.68. The maximum atomic E-state index is 12.7. The summed E-state index contributed by atoms with van der Waals surface area (Å²) < 4.78 is 0. The summed E-state index contributed by atoms with van der Waals surface area (Å²) in [6, 6.07) is 8.50. The molecule has 1 atom stereocenters. The molecule has 6 nitrogen and oxygen atoms in total. The third-order valence-electron chi connectivity index (χ3n) is 4.16. The van der Waals surface area contributed by atoms with E-state index in [0.29, 0.717) is 35.4 Å². The number of hydrogen-bond donors (Lipinski definition) is 3. The number of ketones is 1. The Bertz CT molecular complexity index is 794. The second-order valence-electron chi connectivity index (χ2n) is 6.01. The minimum absolute atomic E-state index is 0.0969. The zero-order valence-electron chi connectivity index (χ0n) is 14.7. The van der Waals surface area contributed by atoms with Crippen molar-refractivity contribution in [3.63, 3.8) is 0 Å². The van der Waals surface area contributed by atoms with Crippen molar-refractivity contribution in [2.24, 2.45) is 5.73 Å². The second-order valence-corrected chi connectivity index (χ2v) is 6.01. The zero-order chi connectivity index (χ0) is 18.6. The molecule has 0 aliphatic rings. The first-order valence-electron chi connectivity index (χ1n) is 8.21. The van der Waals surface area contributed by atoms with Crippen molar-refractivity contribution >= 4 is 17.6 Å². The quantitative estimate of drug-likeness (QED) is 0.670. The molecule has 2 amide bonds. The molecule has 0 saturated carbocycles. The molecule has 0 fully saturated rings. The Hall–Kier alpha value is -2.89. The van der Waals surface area contributed by atoms with E-state index < -0.39 is 17.9 Å². The van der Waals surface area contributed by atoms with Gasteiger partial charge in [-0.15, -0.1) is 0 Å². The van der Waals surface area contributed by atoms with Crippen molar-refractivity contribution < 1.29 is 14.4 Å². The Kier molecular flexibility index (Phi) is 5.75. The zero-order valence-corrected chi connectivity index (χ0v) is 14.7. The summed E-state index contributed by atoms with van der Waals surface area (Å²) in [5.74, 6) is -1.14. The SMILES string of the molecule is CCc1c(C(=O)N[C@@H](Cc2ccccc2)C(N)=O)[nH]c(C)c1C(C)=O. The number of carbonyl (C=O) groups excluding carboxylic acids is 3. The van der Waals surface area contributed by atoms with E-state index in [1.165, 1.54) is 6.92 Å². The van der Waals surface area contributed by atoms with Crippen molar-refractivity contribution in [1.82, 2.24) is 10.3 Å². The summed E-state index contributed by atoms with van der Waals surface area (Å²) in [4.78, 5) is 39.2. The number of hydrogen-bond acceptors (Lipinski definition) is 3. The number of aromatic nitrogens is 1. The van der Waals surface area contributed by atoms with Gasteiger partial charge in [0.15, 0.2) is 5.78 Å². The largest absolute Gasteiger partial charge is 0.368 e. The fraction of sp³-hybridized carbons (Fsp3) is 0.316. The molecule has 0 aliphatic heterocycles. The van der Waals surface area contributed by atoms with E-state index in [9.17, 15) is 14.4 Å². The molecule has 0 aliphatic carbocycles. The molecule has 4 N–H and O–H groups in total. The number of amides is 2. The van der Waals surface area contributed by atoms with Crippen molar-refractivity contribution in [2.75, 3.05) is 0 Å². The van der Waals surface area contributed by atoms with Gasteiger partial charge >= 0.3 is 0 Å². The maximum absolute atomic E-state index is 12.7. The van der Waals surface area contributed by atoms with Gasteiger partial charge in [0, 0.05) is 17.7 Å². The monoisotopic (exact) mass is 341 g/mol. The average molecular weight is 341 g/mol. The van der Waals surface area contributed by atoms with Crippen LogP contribution in [0.5, 0.6) is 0 Å². The van der Waals surface area contributed by atoms with E-state index in [2.05, 4.69) is 10.3 Å². The summed E-state index contributed by atoms with van der Waals surface area (Å²) in [6.45, 7) is 5.10. The molecule has 0 bridgehead atoms. The summed E-state index contributed by atoms with van der Waals surface area (Å²) in [5.41, 5.74) is 8.49. The van der Waals surface area contributed by atoms with Crippen LogP contribution in [0, 0.1) is 6.92 Å². The summed E-state index contributed by atoms with van der Waals surface area (Å²) >= 11 is 0. The van der Waals surface area contributed by atoms with Crippen LogP contribution in [0.1, 0.15) is 51.5 Å². The van der Waals surface area contributed by atoms with Gasteiger partial charge in [-0.25, -0.2) is 0 Å². The summed E-state index contributed by atoms with van der Waals surface area (Å²) in [7, 11) is 0. The van der Waals surface area contributed by atoms with Crippen LogP contribution in [-0.2, 0) is 17.6 Å². The van der Waals surface area contributed by atoms with Crippen LogP contribution in [0.15, 0.2) is 30.3 Å². The van der Waals surface area contributed by atoms with E-state index in [1.54, 1.807) is 6.92 Å². The van der Waals surface area contributed by atoms with Gasteiger partial charge in [0.25, 0.3) is 5.91 Å². The van der Waals surface area contributed by atoms with Crippen molar-refractivity contribution in [2.45, 2.75) is 39.7 Å². The van der Waals surface area contributed by atoms with Gasteiger partial charge in [0.05, 0.1) is 0 Å². The van der Waals surface area contributed by atoms with Crippen LogP contribution < -0.4 is 11.1 Å². The van der Waals surface area contributed by atoms with Gasteiger partial charge < -0.3 is 16.0 Å². The van der Waals surface area contributed by atoms with Gasteiger partial charge in [-0.2, -0.15) is 0 Å². The normalized spacial score (nSPS) is 11.8. The predicted octanol–water partition coefficient (Wildman–Crippen LogP) is 1.91. The van der Waals surface area contributed by atoms with E-state index in [-0.39, 0.29) is 5.78 Å². The number of aryl methyl sites for hydroxylation is 1. The number of nitrogens with two attached hydrogens (primary N) is 1. The fourth-order valence-electron chi connectivity index (χ4n) is 3.00. The first-order valence-corrected chi connectivity index (χ1v) is 8.21. The van der Waals surface area contributed by atoms with Crippen molar-refractivity contribution in [3.05, 3.63) is 58.4 Å². The highest BCUT2D eigenvalue weighted by Crippen LogP contribution is 2.20. The lowest BCUT2D eigenvalue weighted by Gasteiger charge is -2.16. The van der Waals surface area contributed by atoms with Crippen LogP contribution in [0.4, 0.5) is 0 Å². The molecule has 1 aromatic carbocycles. The molecule has 2 aromatic rings. The minimum Gasteiger partial charge on any atom is -0.368 e. The van der Waals surface area contributed by atoms with Crippen molar-refractivity contribution in [1.29, 1.82) is 0 Å². The molecule has 6 heteroatoms. The van der Waals surface area contributed by atoms with E-state index >= 15 is 0 Å². The molecule has 132 valence electrons. The van der Waals surface area contributed by atoms with Crippen molar-refractivity contribution in [3.8, 4) is 0 Å². The van der Waals surface area contributed by atoms with Gasteiger partial charge in [0.1, 0.15) is 11.7 Å². The molecular weight excluding hydrogens is 318 g/mol. The number of primary amides is 1. The number of aromatic amines is 1. The first kappa shape index (κ1) is 18.4.